The van der Waals surface area contributed by atoms with Crippen molar-refractivity contribution in [2.24, 2.45) is 0 Å². The molecule has 1 amide bonds. The molecule has 0 radical (unpaired) electrons. The molecule has 0 spiro atoms. The number of carbonyl (C=O) groups is 1. The van der Waals surface area contributed by atoms with E-state index in [1.165, 1.54) is 0 Å². The van der Waals surface area contributed by atoms with E-state index in [4.69, 9.17) is 0 Å². The van der Waals surface area contributed by atoms with Gasteiger partial charge in [-0.2, -0.15) is 4.72 Å². The number of nitrogens with one attached hydrogen (secondary N) is 2. The van der Waals surface area contributed by atoms with Crippen LogP contribution < -0.4 is 10.0 Å². The quantitative estimate of drug-likeness (QED) is 0.510. The van der Waals surface area contributed by atoms with Crippen molar-refractivity contribution in [1.29, 1.82) is 0 Å². The maximum atomic E-state index is 13.4. The van der Waals surface area contributed by atoms with Gasteiger partial charge in [0.25, 0.3) is 0 Å². The molecule has 0 saturated carbocycles. The van der Waals surface area contributed by atoms with Crippen molar-refractivity contribution in [2.75, 3.05) is 5.32 Å². The van der Waals surface area contributed by atoms with Crippen LogP contribution in [0.3, 0.4) is 0 Å². The fourth-order valence-corrected chi connectivity index (χ4v) is 4.76. The highest BCUT2D eigenvalue weighted by Crippen LogP contribution is 2.27. The first-order valence-electron chi connectivity index (χ1n) is 10.7. The topological polar surface area (TPSA) is 75.3 Å². The molecule has 3 aromatic rings. The van der Waals surface area contributed by atoms with Crippen molar-refractivity contribution in [3.63, 3.8) is 0 Å². The van der Waals surface area contributed by atoms with Crippen molar-refractivity contribution in [3.8, 4) is 0 Å². The lowest BCUT2D eigenvalue weighted by molar-refractivity contribution is -0.117. The van der Waals surface area contributed by atoms with Crippen LogP contribution in [0.5, 0.6) is 0 Å². The Balaban J connectivity index is 1.93. The average Bonchev–Trinajstić information content (AvgIpc) is 2.75. The first-order chi connectivity index (χ1) is 15.2. The molecule has 0 aromatic heterocycles. The van der Waals surface area contributed by atoms with Gasteiger partial charge in [-0.25, -0.2) is 8.42 Å². The molecule has 0 unspecified atom stereocenters. The molecule has 32 heavy (non-hydrogen) atoms. The van der Waals surface area contributed by atoms with E-state index in [1.807, 2.05) is 62.4 Å². The lowest BCUT2D eigenvalue weighted by atomic mass is 9.97. The van der Waals surface area contributed by atoms with Crippen LogP contribution in [-0.4, -0.2) is 20.4 Å². The van der Waals surface area contributed by atoms with Gasteiger partial charge in [-0.05, 0) is 55.0 Å². The first kappa shape index (κ1) is 23.7. The third-order valence-electron chi connectivity index (χ3n) is 5.40. The van der Waals surface area contributed by atoms with Crippen molar-refractivity contribution in [1.82, 2.24) is 4.72 Å². The highest BCUT2D eigenvalue weighted by Gasteiger charge is 2.27. The second-order valence-electron chi connectivity index (χ2n) is 8.36. The largest absolute Gasteiger partial charge is 0.324 e. The third kappa shape index (κ3) is 5.84. The summed E-state index contributed by atoms with van der Waals surface area (Å²) < 4.78 is 28.7. The van der Waals surface area contributed by atoms with Crippen LogP contribution in [0.15, 0.2) is 77.7 Å². The highest BCUT2D eigenvalue weighted by molar-refractivity contribution is 7.89. The Hall–Kier alpha value is -2.96. The van der Waals surface area contributed by atoms with Gasteiger partial charge < -0.3 is 5.32 Å². The summed E-state index contributed by atoms with van der Waals surface area (Å²) in [7, 11) is -3.88. The van der Waals surface area contributed by atoms with Gasteiger partial charge in [-0.15, -0.1) is 0 Å². The smallest absolute Gasteiger partial charge is 0.242 e. The van der Waals surface area contributed by atoms with Gasteiger partial charge in [0.2, 0.25) is 15.9 Å². The van der Waals surface area contributed by atoms with Crippen LogP contribution in [0.25, 0.3) is 0 Å². The van der Waals surface area contributed by atoms with Crippen LogP contribution in [0.1, 0.15) is 42.0 Å². The summed E-state index contributed by atoms with van der Waals surface area (Å²) in [5.74, 6) is -0.178. The second-order valence-corrected chi connectivity index (χ2v) is 10.1. The lowest BCUT2D eigenvalue weighted by Gasteiger charge is -2.22. The van der Waals surface area contributed by atoms with Crippen molar-refractivity contribution < 1.29 is 13.2 Å². The minimum absolute atomic E-state index is 0.132. The fourth-order valence-electron chi connectivity index (χ4n) is 3.56. The summed E-state index contributed by atoms with van der Waals surface area (Å²) in [5.41, 5.74) is 4.51. The summed E-state index contributed by atoms with van der Waals surface area (Å²) in [4.78, 5) is 13.5. The van der Waals surface area contributed by atoms with Gasteiger partial charge in [0.05, 0.1) is 4.90 Å². The van der Waals surface area contributed by atoms with E-state index in [2.05, 4.69) is 23.9 Å². The molecule has 2 N–H and O–H groups in total. The molecular weight excluding hydrogens is 420 g/mol. The molecule has 0 fully saturated rings. The molecule has 5 nitrogen and oxygen atoms in total. The van der Waals surface area contributed by atoms with Crippen LogP contribution in [-0.2, 0) is 21.2 Å². The predicted molar refractivity (Wildman–Crippen MR) is 129 cm³/mol. The molecule has 3 rings (SSSR count). The minimum Gasteiger partial charge on any atom is -0.324 e. The zero-order valence-electron chi connectivity index (χ0n) is 18.9. The van der Waals surface area contributed by atoms with Gasteiger partial charge in [-0.1, -0.05) is 80.1 Å². The number of hydrogen-bond acceptors (Lipinski definition) is 3. The third-order valence-corrected chi connectivity index (χ3v) is 6.89. The monoisotopic (exact) mass is 450 g/mol. The molecule has 0 bridgehead atoms. The maximum absolute atomic E-state index is 13.4. The number of carbonyl (C=O) groups excluding carboxylic acids is 1. The molecule has 0 aliphatic rings. The Morgan fingerprint density at radius 3 is 2.16 bits per heavy atom. The van der Waals surface area contributed by atoms with E-state index in [0.717, 1.165) is 27.9 Å². The molecule has 0 heterocycles. The summed E-state index contributed by atoms with van der Waals surface area (Å²) in [6.45, 7) is 7.95. The van der Waals surface area contributed by atoms with Crippen molar-refractivity contribution in [3.05, 3.63) is 95.1 Å². The van der Waals surface area contributed by atoms with E-state index in [1.54, 1.807) is 24.3 Å². The van der Waals surface area contributed by atoms with Gasteiger partial charge >= 0.3 is 0 Å². The molecule has 0 saturated heterocycles. The van der Waals surface area contributed by atoms with E-state index in [0.29, 0.717) is 0 Å². The number of sulfonamides is 1. The standard InChI is InChI=1S/C26H30N2O3S/c1-18(2)23-12-8-9-20(4)25(23)27-26(29)24(17-21-10-6-5-7-11-21)28-32(30,31)22-15-13-19(3)14-16-22/h5-16,18,24,28H,17H2,1-4H3,(H,27,29)/t24-/m1/s1. The maximum Gasteiger partial charge on any atom is 0.242 e. The Labute approximate surface area is 190 Å². The fraction of sp³-hybridized carbons (Fsp3) is 0.269. The number of aryl methyl sites for hydroxylation is 2. The highest BCUT2D eigenvalue weighted by atomic mass is 32.2. The molecule has 168 valence electrons. The van der Waals surface area contributed by atoms with E-state index in [-0.39, 0.29) is 23.1 Å². The van der Waals surface area contributed by atoms with Crippen molar-refractivity contribution >= 4 is 21.6 Å². The van der Waals surface area contributed by atoms with Crippen LogP contribution in [0.4, 0.5) is 5.69 Å². The SMILES string of the molecule is Cc1ccc(S(=O)(=O)N[C@H](Cc2ccccc2)C(=O)Nc2c(C)cccc2C(C)C)cc1. The zero-order valence-corrected chi connectivity index (χ0v) is 19.7. The number of anilines is 1. The zero-order chi connectivity index (χ0) is 23.3. The van der Waals surface area contributed by atoms with E-state index < -0.39 is 16.1 Å². The summed E-state index contributed by atoms with van der Waals surface area (Å²) in [6.07, 6.45) is 0.237. The Kier molecular flexibility index (Phi) is 7.48. The number of hydrogen-bond donors (Lipinski definition) is 2. The van der Waals surface area contributed by atoms with Gasteiger partial charge in [0, 0.05) is 5.69 Å². The van der Waals surface area contributed by atoms with Gasteiger partial charge in [0.1, 0.15) is 6.04 Å². The molecule has 6 heteroatoms. The van der Waals surface area contributed by atoms with Crippen LogP contribution in [0, 0.1) is 13.8 Å². The van der Waals surface area contributed by atoms with Gasteiger partial charge in [0.15, 0.2) is 0 Å². The molecule has 0 aliphatic heterocycles. The van der Waals surface area contributed by atoms with Crippen LogP contribution in [0.2, 0.25) is 0 Å². The molecule has 3 aromatic carbocycles. The number of benzene rings is 3. The summed E-state index contributed by atoms with van der Waals surface area (Å²) in [6, 6.07) is 20.9. The second kappa shape index (κ2) is 10.1. The normalized spacial score (nSPS) is 12.5. The van der Waals surface area contributed by atoms with E-state index >= 15 is 0 Å². The Morgan fingerprint density at radius 1 is 0.875 bits per heavy atom. The number of para-hydroxylation sites is 1. The summed E-state index contributed by atoms with van der Waals surface area (Å²) >= 11 is 0. The Morgan fingerprint density at radius 2 is 1.53 bits per heavy atom. The predicted octanol–water partition coefficient (Wildman–Crippen LogP) is 4.96. The molecular formula is C26H30N2O3S. The Bertz CT molecular complexity index is 1170. The summed E-state index contributed by atoms with van der Waals surface area (Å²) in [5, 5.41) is 3.00. The van der Waals surface area contributed by atoms with Crippen molar-refractivity contribution in [2.45, 2.75) is 51.0 Å². The van der Waals surface area contributed by atoms with Gasteiger partial charge in [-0.3, -0.25) is 4.79 Å². The average molecular weight is 451 g/mol. The van der Waals surface area contributed by atoms with E-state index in [9.17, 15) is 13.2 Å². The lowest BCUT2D eigenvalue weighted by Crippen LogP contribution is -2.45. The molecule has 0 aliphatic carbocycles. The molecule has 1 atom stereocenters. The number of rotatable bonds is 8. The number of amides is 1. The first-order valence-corrected chi connectivity index (χ1v) is 12.2. The minimum atomic E-state index is -3.88. The van der Waals surface area contributed by atoms with Crippen LogP contribution >= 0.6 is 0 Å².